The molecule has 5 rings (SSSR count). The first-order valence-corrected chi connectivity index (χ1v) is 16.6. The fourth-order valence-electron chi connectivity index (χ4n) is 6.08. The van der Waals surface area contributed by atoms with Crippen LogP contribution in [0, 0.1) is 19.8 Å². The molecule has 0 aliphatic rings. The highest BCUT2D eigenvalue weighted by atomic mass is 16.2. The Hall–Kier alpha value is -5.00. The van der Waals surface area contributed by atoms with Gasteiger partial charge in [-0.25, -0.2) is 9.97 Å². The normalized spacial score (nSPS) is 11.5. The van der Waals surface area contributed by atoms with Crippen LogP contribution in [0.4, 0.5) is 11.9 Å². The summed E-state index contributed by atoms with van der Waals surface area (Å²) in [5.74, 6) is 0.412. The molecule has 2 aromatic carbocycles. The van der Waals surface area contributed by atoms with Crippen molar-refractivity contribution < 1.29 is 14.4 Å². The molecule has 12 nitrogen and oxygen atoms in total. The standard InChI is InChI=1S/C35H45N9O3/c1-7-24(8-2)32(46)39-35-37-26-15-13-14-22(5)30(26)43(35)19-12-11-18-42-28-17-16-25(31(45)36-9-3)21-27(28)38-34(42)40-33(47)29-20-23(6)41-44(29)10-4/h13-17,20-21,24H,7-12,18-19H2,1-6H3,(H,36,45)(H,37,39,46)(H,38,40,47). The van der Waals surface area contributed by atoms with Crippen LogP contribution in [0.5, 0.6) is 0 Å². The number of benzene rings is 2. The minimum Gasteiger partial charge on any atom is -0.352 e. The van der Waals surface area contributed by atoms with Crippen molar-refractivity contribution in [2.24, 2.45) is 5.92 Å². The highest BCUT2D eigenvalue weighted by molar-refractivity contribution is 6.03. The monoisotopic (exact) mass is 639 g/mol. The van der Waals surface area contributed by atoms with Crippen LogP contribution in [0.2, 0.25) is 0 Å². The van der Waals surface area contributed by atoms with Crippen LogP contribution in [0.1, 0.15) is 85.5 Å². The molecule has 3 heterocycles. The van der Waals surface area contributed by atoms with E-state index in [1.165, 1.54) is 0 Å². The van der Waals surface area contributed by atoms with E-state index in [4.69, 9.17) is 9.97 Å². The van der Waals surface area contributed by atoms with Crippen LogP contribution in [-0.2, 0) is 24.4 Å². The number of imidazole rings is 2. The van der Waals surface area contributed by atoms with E-state index in [1.54, 1.807) is 22.9 Å². The lowest BCUT2D eigenvalue weighted by Gasteiger charge is -2.15. The van der Waals surface area contributed by atoms with Crippen molar-refractivity contribution in [2.75, 3.05) is 17.2 Å². The van der Waals surface area contributed by atoms with Crippen molar-refractivity contribution in [3.63, 3.8) is 0 Å². The van der Waals surface area contributed by atoms with Gasteiger partial charge in [0.15, 0.2) is 0 Å². The van der Waals surface area contributed by atoms with E-state index >= 15 is 0 Å². The molecule has 3 amide bonds. The fourth-order valence-corrected chi connectivity index (χ4v) is 6.08. The van der Waals surface area contributed by atoms with Gasteiger partial charge >= 0.3 is 0 Å². The van der Waals surface area contributed by atoms with Crippen molar-refractivity contribution >= 4 is 51.7 Å². The van der Waals surface area contributed by atoms with E-state index in [2.05, 4.69) is 38.6 Å². The average molecular weight is 640 g/mol. The Morgan fingerprint density at radius 3 is 2.21 bits per heavy atom. The molecule has 5 aromatic rings. The van der Waals surface area contributed by atoms with Gasteiger partial charge in [0.05, 0.1) is 27.8 Å². The topological polar surface area (TPSA) is 141 Å². The van der Waals surface area contributed by atoms with Crippen molar-refractivity contribution in [1.82, 2.24) is 34.2 Å². The maximum absolute atomic E-state index is 13.4. The molecule has 0 radical (unpaired) electrons. The molecule has 0 saturated heterocycles. The van der Waals surface area contributed by atoms with Crippen LogP contribution >= 0.6 is 0 Å². The van der Waals surface area contributed by atoms with Gasteiger partial charge in [0, 0.05) is 37.7 Å². The van der Waals surface area contributed by atoms with Gasteiger partial charge < -0.3 is 14.5 Å². The third kappa shape index (κ3) is 7.06. The average Bonchev–Trinajstić information content (AvgIpc) is 3.72. The van der Waals surface area contributed by atoms with Gasteiger partial charge in [-0.2, -0.15) is 5.10 Å². The van der Waals surface area contributed by atoms with E-state index in [0.717, 1.165) is 53.5 Å². The molecular weight excluding hydrogens is 594 g/mol. The lowest BCUT2D eigenvalue weighted by Crippen LogP contribution is -2.24. The highest BCUT2D eigenvalue weighted by Crippen LogP contribution is 2.26. The van der Waals surface area contributed by atoms with Crippen LogP contribution in [0.25, 0.3) is 22.1 Å². The summed E-state index contributed by atoms with van der Waals surface area (Å²) in [6, 6.07) is 13.2. The van der Waals surface area contributed by atoms with Gasteiger partial charge in [0.25, 0.3) is 11.8 Å². The molecule has 0 saturated carbocycles. The fraction of sp³-hybridized carbons (Fsp3) is 0.429. The van der Waals surface area contributed by atoms with Crippen LogP contribution in [-0.4, -0.2) is 53.1 Å². The van der Waals surface area contributed by atoms with Crippen LogP contribution in [0.3, 0.4) is 0 Å². The zero-order chi connectivity index (χ0) is 33.7. The van der Waals surface area contributed by atoms with Crippen molar-refractivity contribution in [2.45, 2.75) is 86.9 Å². The first-order valence-electron chi connectivity index (χ1n) is 16.6. The van der Waals surface area contributed by atoms with E-state index in [9.17, 15) is 14.4 Å². The molecule has 0 atom stereocenters. The highest BCUT2D eigenvalue weighted by Gasteiger charge is 2.21. The number of nitrogens with zero attached hydrogens (tertiary/aromatic N) is 6. The molecule has 0 aliphatic carbocycles. The number of carbonyl (C=O) groups excluding carboxylic acids is 3. The Balaban J connectivity index is 1.41. The largest absolute Gasteiger partial charge is 0.352 e. The predicted octanol–water partition coefficient (Wildman–Crippen LogP) is 6.08. The smallest absolute Gasteiger partial charge is 0.276 e. The van der Waals surface area contributed by atoms with E-state index in [0.29, 0.717) is 54.8 Å². The summed E-state index contributed by atoms with van der Waals surface area (Å²) in [7, 11) is 0. The molecule has 47 heavy (non-hydrogen) atoms. The number of aryl methyl sites for hydroxylation is 5. The second kappa shape index (κ2) is 14.6. The molecule has 248 valence electrons. The van der Waals surface area contributed by atoms with Crippen LogP contribution < -0.4 is 16.0 Å². The molecule has 0 unspecified atom stereocenters. The molecule has 3 N–H and O–H groups in total. The maximum atomic E-state index is 13.4. The number of aromatic nitrogens is 6. The molecule has 0 aliphatic heterocycles. The summed E-state index contributed by atoms with van der Waals surface area (Å²) < 4.78 is 5.76. The van der Waals surface area contributed by atoms with Crippen molar-refractivity contribution in [3.05, 3.63) is 65.0 Å². The van der Waals surface area contributed by atoms with E-state index in [-0.39, 0.29) is 23.6 Å². The van der Waals surface area contributed by atoms with Crippen molar-refractivity contribution in [3.8, 4) is 0 Å². The first-order chi connectivity index (χ1) is 22.7. The number of amides is 3. The second-order valence-corrected chi connectivity index (χ2v) is 11.8. The summed E-state index contributed by atoms with van der Waals surface area (Å²) in [5.41, 5.74) is 6.10. The van der Waals surface area contributed by atoms with Gasteiger partial charge in [0.2, 0.25) is 17.8 Å². The number of nitrogens with one attached hydrogen (secondary N) is 3. The van der Waals surface area contributed by atoms with Gasteiger partial charge in [-0.05, 0) is 89.3 Å². The number of fused-ring (bicyclic) bond motifs is 2. The third-order valence-electron chi connectivity index (χ3n) is 8.58. The molecular formula is C35H45N9O3. The Bertz CT molecular complexity index is 1910. The maximum Gasteiger partial charge on any atom is 0.276 e. The van der Waals surface area contributed by atoms with Crippen LogP contribution in [0.15, 0.2) is 42.5 Å². The number of rotatable bonds is 14. The molecule has 0 fully saturated rings. The lowest BCUT2D eigenvalue weighted by atomic mass is 10.0. The number of hydrogen-bond donors (Lipinski definition) is 3. The Morgan fingerprint density at radius 1 is 0.809 bits per heavy atom. The minimum absolute atomic E-state index is 0.0129. The summed E-state index contributed by atoms with van der Waals surface area (Å²) in [6.07, 6.45) is 3.07. The number of hydrogen-bond acceptors (Lipinski definition) is 6. The number of carbonyl (C=O) groups is 3. The second-order valence-electron chi connectivity index (χ2n) is 11.8. The van der Waals surface area contributed by atoms with E-state index < -0.39 is 0 Å². The lowest BCUT2D eigenvalue weighted by molar-refractivity contribution is -0.120. The number of anilines is 2. The quantitative estimate of drug-likeness (QED) is 0.126. The van der Waals surface area contributed by atoms with Crippen molar-refractivity contribution in [1.29, 1.82) is 0 Å². The SMILES string of the molecule is CCNC(=O)c1ccc2c(c1)nc(NC(=O)c1cc(C)nn1CC)n2CCCCn1c(NC(=O)C(CC)CC)nc2cccc(C)c21. The predicted molar refractivity (Wildman–Crippen MR) is 185 cm³/mol. The van der Waals surface area contributed by atoms with Gasteiger partial charge in [0.1, 0.15) is 5.69 Å². The van der Waals surface area contributed by atoms with Gasteiger partial charge in [-0.15, -0.1) is 0 Å². The summed E-state index contributed by atoms with van der Waals surface area (Å²) in [6.45, 7) is 14.1. The van der Waals surface area contributed by atoms with E-state index in [1.807, 2.05) is 57.4 Å². The first kappa shape index (κ1) is 33.4. The van der Waals surface area contributed by atoms with Gasteiger partial charge in [-0.1, -0.05) is 26.0 Å². The zero-order valence-corrected chi connectivity index (χ0v) is 28.2. The number of para-hydroxylation sites is 1. The zero-order valence-electron chi connectivity index (χ0n) is 28.2. The molecule has 3 aromatic heterocycles. The Labute approximate surface area is 274 Å². The molecule has 0 bridgehead atoms. The Morgan fingerprint density at radius 2 is 1.51 bits per heavy atom. The molecule has 0 spiro atoms. The third-order valence-corrected chi connectivity index (χ3v) is 8.58. The number of unbranched alkanes of at least 4 members (excludes halogenated alkanes) is 1. The summed E-state index contributed by atoms with van der Waals surface area (Å²) in [5, 5.41) is 13.3. The summed E-state index contributed by atoms with van der Waals surface area (Å²) >= 11 is 0. The Kier molecular flexibility index (Phi) is 10.4. The summed E-state index contributed by atoms with van der Waals surface area (Å²) in [4.78, 5) is 48.6. The minimum atomic E-state index is -0.300. The van der Waals surface area contributed by atoms with Gasteiger partial charge in [-0.3, -0.25) is 29.7 Å². The molecule has 12 heteroatoms.